The van der Waals surface area contributed by atoms with Gasteiger partial charge in [0.1, 0.15) is 24.2 Å². The van der Waals surface area contributed by atoms with Crippen LogP contribution in [0.4, 0.5) is 0 Å². The summed E-state index contributed by atoms with van der Waals surface area (Å²) < 4.78 is 1.20. The maximum absolute atomic E-state index is 4.72. The minimum Gasteiger partial charge on any atom is -0.245 e. The molecule has 0 bridgehead atoms. The molecule has 1 heterocycles. The van der Waals surface area contributed by atoms with E-state index in [1.807, 2.05) is 6.20 Å². The number of aromatic nitrogens is 2. The lowest BCUT2D eigenvalue weighted by molar-refractivity contribution is 0.913. The number of nitrogens with zero attached hydrogens (tertiary/aromatic N) is 2. The first-order chi connectivity index (χ1) is 11.9. The van der Waals surface area contributed by atoms with Crippen LogP contribution in [0, 0.1) is 0 Å². The monoisotopic (exact) mass is 451 g/mol. The molecule has 4 heteroatoms. The molecular formula is C20H21IN2P+. The number of unbranched alkanes of at least 4 members (excludes halogenated alkanes) is 1. The number of alkyl halides is 1. The molecule has 0 N–H and O–H groups in total. The molecule has 2 aromatic carbocycles. The Morgan fingerprint density at radius 3 is 1.92 bits per heavy atom. The molecule has 3 rings (SSSR count). The zero-order chi connectivity index (χ0) is 16.7. The molecular weight excluding hydrogens is 430 g/mol. The summed E-state index contributed by atoms with van der Waals surface area (Å²) in [5, 5.41) is 2.81. The van der Waals surface area contributed by atoms with E-state index in [1.165, 1.54) is 33.3 Å². The van der Waals surface area contributed by atoms with Crippen LogP contribution in [0.1, 0.15) is 12.8 Å². The quantitative estimate of drug-likeness (QED) is 0.235. The standard InChI is InChI=1S/C20H21IN2P/c21-14-7-8-16-24(18-9-3-1-4-10-18,19-11-5-2-6-12-19)20-13-15-22-17-23-20/h1-6,9-13,15,17H,7-8,14,16H2/q+1/i21+4. The normalized spacial score (nSPS) is 11.4. The van der Waals surface area contributed by atoms with Gasteiger partial charge in [-0.1, -0.05) is 59.0 Å². The third kappa shape index (κ3) is 3.68. The summed E-state index contributed by atoms with van der Waals surface area (Å²) in [6, 6.07) is 24.0. The van der Waals surface area contributed by atoms with Crippen molar-refractivity contribution in [3.05, 3.63) is 79.3 Å². The summed E-state index contributed by atoms with van der Waals surface area (Å²) in [6.07, 6.45) is 7.17. The van der Waals surface area contributed by atoms with E-state index < -0.39 is 7.26 Å². The average molecular weight is 451 g/mol. The number of rotatable bonds is 7. The van der Waals surface area contributed by atoms with Crippen LogP contribution in [-0.2, 0) is 0 Å². The molecule has 0 radical (unpaired) electrons. The molecule has 0 unspecified atom stereocenters. The van der Waals surface area contributed by atoms with Crippen LogP contribution in [0.5, 0.6) is 0 Å². The number of hydrogen-bond acceptors (Lipinski definition) is 2. The predicted octanol–water partition coefficient (Wildman–Crippen LogP) is 3.99. The predicted molar refractivity (Wildman–Crippen MR) is 114 cm³/mol. The molecule has 2 nitrogen and oxygen atoms in total. The molecule has 0 atom stereocenters. The van der Waals surface area contributed by atoms with Gasteiger partial charge in [0.25, 0.3) is 0 Å². The van der Waals surface area contributed by atoms with Gasteiger partial charge in [0.05, 0.1) is 6.16 Å². The first-order valence-corrected chi connectivity index (χ1v) is 11.7. The Bertz CT molecular complexity index is 639. The van der Waals surface area contributed by atoms with Crippen LogP contribution in [0.25, 0.3) is 0 Å². The van der Waals surface area contributed by atoms with Gasteiger partial charge in [0.2, 0.25) is 0 Å². The summed E-state index contributed by atoms with van der Waals surface area (Å²) in [7, 11) is -1.74. The summed E-state index contributed by atoms with van der Waals surface area (Å²) >= 11 is 2.47. The van der Waals surface area contributed by atoms with Crippen LogP contribution in [-0.4, -0.2) is 20.6 Å². The minimum atomic E-state index is -1.74. The Morgan fingerprint density at radius 2 is 1.42 bits per heavy atom. The van der Waals surface area contributed by atoms with Crippen LogP contribution in [0.15, 0.2) is 79.3 Å². The summed E-state index contributed by atoms with van der Waals surface area (Å²) in [5.74, 6) is 0. The van der Waals surface area contributed by atoms with Crippen molar-refractivity contribution in [2.24, 2.45) is 0 Å². The number of hydrogen-bond donors (Lipinski definition) is 0. The van der Waals surface area contributed by atoms with Crippen LogP contribution < -0.4 is 16.0 Å². The van der Waals surface area contributed by atoms with Crippen molar-refractivity contribution in [3.63, 3.8) is 0 Å². The highest BCUT2D eigenvalue weighted by atomic mass is 131. The highest BCUT2D eigenvalue weighted by molar-refractivity contribution is 14.1. The van der Waals surface area contributed by atoms with E-state index in [4.69, 9.17) is 4.98 Å². The summed E-state index contributed by atoms with van der Waals surface area (Å²) in [5.41, 5.74) is 1.18. The Kier molecular flexibility index (Phi) is 6.33. The van der Waals surface area contributed by atoms with Gasteiger partial charge in [0, 0.05) is 12.3 Å². The molecule has 0 saturated heterocycles. The third-order valence-electron chi connectivity index (χ3n) is 4.23. The first-order valence-electron chi connectivity index (χ1n) is 8.20. The first kappa shape index (κ1) is 17.5. The van der Waals surface area contributed by atoms with E-state index in [9.17, 15) is 0 Å². The van der Waals surface area contributed by atoms with Gasteiger partial charge >= 0.3 is 0 Å². The highest BCUT2D eigenvalue weighted by Crippen LogP contribution is 2.55. The molecule has 24 heavy (non-hydrogen) atoms. The average Bonchev–Trinajstić information content (AvgIpc) is 2.68. The maximum atomic E-state index is 4.72. The molecule has 0 aliphatic rings. The lowest BCUT2D eigenvalue weighted by atomic mass is 10.4. The summed E-state index contributed by atoms with van der Waals surface area (Å²) in [4.78, 5) is 8.87. The zero-order valence-electron chi connectivity index (χ0n) is 13.6. The van der Waals surface area contributed by atoms with Crippen molar-refractivity contribution in [3.8, 4) is 0 Å². The van der Waals surface area contributed by atoms with Crippen molar-refractivity contribution in [1.82, 2.24) is 9.97 Å². The van der Waals surface area contributed by atoms with Gasteiger partial charge in [-0.2, -0.15) is 0 Å². The Hall–Kier alpha value is -1.32. The van der Waals surface area contributed by atoms with Gasteiger partial charge in [-0.25, -0.2) is 9.97 Å². The molecule has 3 aromatic rings. The van der Waals surface area contributed by atoms with Gasteiger partial charge in [-0.15, -0.1) is 0 Å². The van der Waals surface area contributed by atoms with Crippen molar-refractivity contribution in [2.45, 2.75) is 12.8 Å². The van der Waals surface area contributed by atoms with E-state index in [0.717, 1.165) is 6.16 Å². The van der Waals surface area contributed by atoms with E-state index >= 15 is 0 Å². The van der Waals surface area contributed by atoms with Crippen LogP contribution in [0.2, 0.25) is 0 Å². The molecule has 0 spiro atoms. The van der Waals surface area contributed by atoms with Crippen LogP contribution >= 0.6 is 29.9 Å². The molecule has 0 amide bonds. The Labute approximate surface area is 158 Å². The zero-order valence-corrected chi connectivity index (χ0v) is 16.6. The lowest BCUT2D eigenvalue weighted by Crippen LogP contribution is -2.35. The second-order valence-corrected chi connectivity index (χ2v) is 10.3. The smallest absolute Gasteiger partial charge is 0.195 e. The van der Waals surface area contributed by atoms with Crippen molar-refractivity contribution in [2.75, 3.05) is 10.6 Å². The molecule has 0 fully saturated rings. The molecule has 0 aliphatic carbocycles. The second kappa shape index (κ2) is 8.68. The largest absolute Gasteiger partial charge is 0.245 e. The number of halogens is 1. The Balaban J connectivity index is 2.20. The third-order valence-corrected chi connectivity index (χ3v) is 9.38. The maximum Gasteiger partial charge on any atom is 0.195 e. The summed E-state index contributed by atoms with van der Waals surface area (Å²) in [6.45, 7) is 0. The molecule has 122 valence electrons. The van der Waals surface area contributed by atoms with E-state index in [1.54, 1.807) is 6.33 Å². The fraction of sp³-hybridized carbons (Fsp3) is 0.200. The lowest BCUT2D eigenvalue weighted by Gasteiger charge is -2.26. The fourth-order valence-electron chi connectivity index (χ4n) is 3.10. The van der Waals surface area contributed by atoms with E-state index in [0.29, 0.717) is 0 Å². The SMILES string of the molecule is [131I]CCCC[P+](c1ccccc1)(c1ccccc1)c1ccncn1. The van der Waals surface area contributed by atoms with Gasteiger partial charge in [-0.05, 0) is 41.5 Å². The fourth-order valence-corrected chi connectivity index (χ4v) is 7.85. The van der Waals surface area contributed by atoms with Gasteiger partial charge < -0.3 is 0 Å². The topological polar surface area (TPSA) is 25.8 Å². The van der Waals surface area contributed by atoms with Gasteiger partial charge in [0.15, 0.2) is 5.44 Å². The number of benzene rings is 2. The van der Waals surface area contributed by atoms with Crippen molar-refractivity contribution >= 4 is 45.9 Å². The molecule has 1 aromatic heterocycles. The minimum absolute atomic E-state index is 1.15. The second-order valence-electron chi connectivity index (χ2n) is 5.67. The molecule has 0 aliphatic heterocycles. The van der Waals surface area contributed by atoms with E-state index in [-0.39, 0.29) is 0 Å². The highest BCUT2D eigenvalue weighted by Gasteiger charge is 2.46. The van der Waals surface area contributed by atoms with Gasteiger partial charge in [-0.3, -0.25) is 0 Å². The Morgan fingerprint density at radius 1 is 0.792 bits per heavy atom. The molecule has 0 saturated carbocycles. The van der Waals surface area contributed by atoms with Crippen molar-refractivity contribution < 1.29 is 0 Å². The van der Waals surface area contributed by atoms with Crippen molar-refractivity contribution in [1.29, 1.82) is 0 Å². The van der Waals surface area contributed by atoms with E-state index in [2.05, 4.69) is 94.3 Å². The van der Waals surface area contributed by atoms with Crippen LogP contribution in [0.3, 0.4) is 0 Å².